The maximum absolute atomic E-state index is 6.32. The minimum atomic E-state index is 0.427. The van der Waals surface area contributed by atoms with Gasteiger partial charge in [-0.3, -0.25) is 0 Å². The molecule has 3 rings (SSSR count). The van der Waals surface area contributed by atoms with Crippen LogP contribution in [-0.4, -0.2) is 45.3 Å². The highest BCUT2D eigenvalue weighted by Gasteiger charge is 2.26. The first kappa shape index (κ1) is 13.4. The van der Waals surface area contributed by atoms with Crippen LogP contribution in [-0.2, 0) is 0 Å². The lowest BCUT2D eigenvalue weighted by atomic mass is 10.1. The number of likely N-dealkylation sites (N-methyl/N-ethyl adjacent to an activating group) is 1. The second-order valence-corrected chi connectivity index (χ2v) is 5.75. The van der Waals surface area contributed by atoms with Crippen LogP contribution in [0.2, 0.25) is 5.02 Å². The van der Waals surface area contributed by atoms with Crippen molar-refractivity contribution >= 4 is 17.3 Å². The van der Waals surface area contributed by atoms with Crippen molar-refractivity contribution in [2.75, 3.05) is 18.9 Å². The topological polar surface area (TPSA) is 46.0 Å². The van der Waals surface area contributed by atoms with Gasteiger partial charge in [0.2, 0.25) is 0 Å². The number of hydrogen-bond acceptors (Lipinski definition) is 4. The zero-order valence-electron chi connectivity index (χ0n) is 11.6. The van der Waals surface area contributed by atoms with E-state index in [1.807, 2.05) is 18.2 Å². The Bertz CT molecular complexity index is 573. The van der Waals surface area contributed by atoms with Crippen molar-refractivity contribution in [2.45, 2.75) is 25.4 Å². The predicted molar refractivity (Wildman–Crippen MR) is 80.5 cm³/mol. The largest absolute Gasteiger partial charge is 0.379 e. The molecule has 2 aromatic rings. The average molecular weight is 292 g/mol. The van der Waals surface area contributed by atoms with Gasteiger partial charge in [0.25, 0.3) is 0 Å². The number of halogens is 1. The monoisotopic (exact) mass is 291 g/mol. The van der Waals surface area contributed by atoms with Crippen LogP contribution in [0.15, 0.2) is 30.9 Å². The fourth-order valence-corrected chi connectivity index (χ4v) is 2.97. The van der Waals surface area contributed by atoms with Gasteiger partial charge in [-0.05, 0) is 32.5 Å². The van der Waals surface area contributed by atoms with Crippen molar-refractivity contribution in [3.8, 4) is 5.69 Å². The van der Waals surface area contributed by atoms with Gasteiger partial charge in [0.1, 0.15) is 18.3 Å². The predicted octanol–water partition coefficient (Wildman–Crippen LogP) is 2.43. The second-order valence-electron chi connectivity index (χ2n) is 5.34. The van der Waals surface area contributed by atoms with Crippen LogP contribution in [0.5, 0.6) is 0 Å². The van der Waals surface area contributed by atoms with Crippen molar-refractivity contribution in [1.29, 1.82) is 0 Å². The zero-order chi connectivity index (χ0) is 14.1. The third-order valence-electron chi connectivity index (χ3n) is 3.88. The van der Waals surface area contributed by atoms with E-state index in [1.54, 1.807) is 11.0 Å². The highest BCUT2D eigenvalue weighted by atomic mass is 35.5. The number of nitrogens with one attached hydrogen (secondary N) is 1. The summed E-state index contributed by atoms with van der Waals surface area (Å²) in [7, 11) is 2.16. The molecular weight excluding hydrogens is 274 g/mol. The van der Waals surface area contributed by atoms with Gasteiger partial charge < -0.3 is 10.2 Å². The van der Waals surface area contributed by atoms with E-state index in [2.05, 4.69) is 34.3 Å². The normalized spacial score (nSPS) is 23.1. The van der Waals surface area contributed by atoms with Crippen molar-refractivity contribution in [2.24, 2.45) is 0 Å². The van der Waals surface area contributed by atoms with E-state index in [0.717, 1.165) is 24.3 Å². The average Bonchev–Trinajstić information content (AvgIpc) is 3.01. The lowest BCUT2D eigenvalue weighted by molar-refractivity contribution is 0.330. The highest BCUT2D eigenvalue weighted by Crippen LogP contribution is 2.29. The Balaban J connectivity index is 1.89. The minimum absolute atomic E-state index is 0.427. The summed E-state index contributed by atoms with van der Waals surface area (Å²) in [5, 5.41) is 8.43. The van der Waals surface area contributed by atoms with Crippen molar-refractivity contribution in [3.63, 3.8) is 0 Å². The molecule has 2 atom stereocenters. The number of aromatic nitrogens is 3. The molecule has 2 unspecified atom stereocenters. The molecule has 0 aliphatic carbocycles. The molecule has 1 aliphatic heterocycles. The van der Waals surface area contributed by atoms with Crippen molar-refractivity contribution < 1.29 is 0 Å². The highest BCUT2D eigenvalue weighted by molar-refractivity contribution is 6.33. The Labute approximate surface area is 123 Å². The number of nitrogens with zero attached hydrogens (tertiary/aromatic N) is 4. The summed E-state index contributed by atoms with van der Waals surface area (Å²) < 4.78 is 1.70. The number of benzene rings is 1. The van der Waals surface area contributed by atoms with Gasteiger partial charge >= 0.3 is 0 Å². The van der Waals surface area contributed by atoms with Crippen LogP contribution in [0.25, 0.3) is 5.69 Å². The summed E-state index contributed by atoms with van der Waals surface area (Å²) in [6, 6.07) is 6.88. The lowest BCUT2D eigenvalue weighted by Gasteiger charge is -2.18. The van der Waals surface area contributed by atoms with E-state index in [9.17, 15) is 0 Å². The molecule has 106 valence electrons. The first-order valence-corrected chi connectivity index (χ1v) is 7.13. The van der Waals surface area contributed by atoms with Gasteiger partial charge in [-0.25, -0.2) is 9.67 Å². The van der Waals surface area contributed by atoms with E-state index >= 15 is 0 Å². The van der Waals surface area contributed by atoms with E-state index in [4.69, 9.17) is 11.6 Å². The summed E-state index contributed by atoms with van der Waals surface area (Å²) in [4.78, 5) is 6.35. The smallest absolute Gasteiger partial charge is 0.138 e. The van der Waals surface area contributed by atoms with Crippen LogP contribution in [0, 0.1) is 0 Å². The molecule has 0 amide bonds. The number of para-hydroxylation sites is 1. The number of hydrogen-bond donors (Lipinski definition) is 1. The maximum Gasteiger partial charge on any atom is 0.138 e. The molecule has 1 N–H and O–H groups in total. The van der Waals surface area contributed by atoms with Gasteiger partial charge in [-0.2, -0.15) is 5.10 Å². The van der Waals surface area contributed by atoms with Crippen LogP contribution >= 0.6 is 11.6 Å². The summed E-state index contributed by atoms with van der Waals surface area (Å²) in [6.07, 6.45) is 4.30. The summed E-state index contributed by atoms with van der Waals surface area (Å²) in [6.45, 7) is 3.28. The molecule has 0 saturated carbocycles. The molecule has 0 spiro atoms. The molecule has 20 heavy (non-hydrogen) atoms. The molecule has 1 fully saturated rings. The Morgan fingerprint density at radius 3 is 2.90 bits per heavy atom. The van der Waals surface area contributed by atoms with Crippen LogP contribution < -0.4 is 5.32 Å². The molecule has 5 nitrogen and oxygen atoms in total. The van der Waals surface area contributed by atoms with Gasteiger partial charge in [0.05, 0.1) is 10.7 Å². The Hall–Kier alpha value is -1.59. The van der Waals surface area contributed by atoms with Gasteiger partial charge in [-0.1, -0.05) is 17.7 Å². The van der Waals surface area contributed by atoms with Gasteiger partial charge in [0, 0.05) is 18.6 Å². The molecule has 1 aromatic heterocycles. The SMILES string of the molecule is CC1CC(Nc2cccc(Cl)c2-n2cncn2)CN1C. The lowest BCUT2D eigenvalue weighted by Crippen LogP contribution is -2.25. The van der Waals surface area contributed by atoms with Gasteiger partial charge in [0.15, 0.2) is 0 Å². The molecule has 1 saturated heterocycles. The number of rotatable bonds is 3. The molecule has 6 heteroatoms. The zero-order valence-corrected chi connectivity index (χ0v) is 12.4. The van der Waals surface area contributed by atoms with E-state index < -0.39 is 0 Å². The summed E-state index contributed by atoms with van der Waals surface area (Å²) >= 11 is 6.32. The van der Waals surface area contributed by atoms with Gasteiger partial charge in [-0.15, -0.1) is 0 Å². The second kappa shape index (κ2) is 5.42. The first-order valence-electron chi connectivity index (χ1n) is 6.75. The summed E-state index contributed by atoms with van der Waals surface area (Å²) in [5.74, 6) is 0. The Morgan fingerprint density at radius 2 is 2.25 bits per heavy atom. The first-order chi connectivity index (χ1) is 9.65. The Morgan fingerprint density at radius 1 is 1.40 bits per heavy atom. The van der Waals surface area contributed by atoms with Crippen LogP contribution in [0.1, 0.15) is 13.3 Å². The number of likely N-dealkylation sites (tertiary alicyclic amines) is 1. The van der Waals surface area contributed by atoms with E-state index in [-0.39, 0.29) is 0 Å². The van der Waals surface area contributed by atoms with Crippen LogP contribution in [0.4, 0.5) is 5.69 Å². The fourth-order valence-electron chi connectivity index (χ4n) is 2.71. The van der Waals surface area contributed by atoms with E-state index in [1.165, 1.54) is 6.33 Å². The molecule has 1 aliphatic rings. The van der Waals surface area contributed by atoms with Crippen LogP contribution in [0.3, 0.4) is 0 Å². The Kier molecular flexibility index (Phi) is 3.63. The van der Waals surface area contributed by atoms with E-state index in [0.29, 0.717) is 17.1 Å². The van der Waals surface area contributed by atoms with Crippen molar-refractivity contribution in [3.05, 3.63) is 35.9 Å². The minimum Gasteiger partial charge on any atom is -0.379 e. The standard InChI is InChI=1S/C14H18ClN5/c1-10-6-11(7-19(10)2)18-13-5-3-4-12(15)14(13)20-9-16-8-17-20/h3-5,8-11,18H,6-7H2,1-2H3. The molecule has 0 bridgehead atoms. The molecule has 2 heterocycles. The van der Waals surface area contributed by atoms with Crippen molar-refractivity contribution in [1.82, 2.24) is 19.7 Å². The number of anilines is 1. The molecular formula is C14H18ClN5. The molecule has 0 radical (unpaired) electrons. The third kappa shape index (κ3) is 2.51. The maximum atomic E-state index is 6.32. The fraction of sp³-hybridized carbons (Fsp3) is 0.429. The molecule has 1 aromatic carbocycles. The third-order valence-corrected chi connectivity index (χ3v) is 4.19. The quantitative estimate of drug-likeness (QED) is 0.943. The summed E-state index contributed by atoms with van der Waals surface area (Å²) in [5.41, 5.74) is 1.85.